The molecule has 1 aliphatic rings. The number of nitrogens with one attached hydrogen (secondary N) is 1. The van der Waals surface area contributed by atoms with E-state index in [2.05, 4.69) is 36.2 Å². The van der Waals surface area contributed by atoms with Crippen molar-refractivity contribution >= 4 is 10.9 Å². The lowest BCUT2D eigenvalue weighted by molar-refractivity contribution is 0.0317. The lowest BCUT2D eigenvalue weighted by Gasteiger charge is -2.18. The van der Waals surface area contributed by atoms with Crippen LogP contribution >= 0.6 is 0 Å². The minimum absolute atomic E-state index is 0.0170. The van der Waals surface area contributed by atoms with Crippen LogP contribution in [0.15, 0.2) is 36.8 Å². The summed E-state index contributed by atoms with van der Waals surface area (Å²) in [6.07, 6.45) is 6.68. The minimum Gasteiger partial charge on any atom is -0.474 e. The number of nitrogens with zero attached hydrogens (tertiary/aromatic N) is 4. The molecule has 3 aromatic rings. The van der Waals surface area contributed by atoms with Gasteiger partial charge in [-0.2, -0.15) is 5.10 Å². The van der Waals surface area contributed by atoms with Crippen LogP contribution in [0.4, 0.5) is 0 Å². The summed E-state index contributed by atoms with van der Waals surface area (Å²) in [5.74, 6) is 0.581. The maximum atomic E-state index is 6.11. The van der Waals surface area contributed by atoms with Crippen LogP contribution in [-0.2, 0) is 10.3 Å². The fourth-order valence-electron chi connectivity index (χ4n) is 3.17. The van der Waals surface area contributed by atoms with Crippen molar-refractivity contribution < 1.29 is 9.47 Å². The van der Waals surface area contributed by atoms with Crippen LogP contribution in [0.5, 0.6) is 5.88 Å². The lowest BCUT2D eigenvalue weighted by atomic mass is 10.1. The van der Waals surface area contributed by atoms with Crippen molar-refractivity contribution in [2.24, 2.45) is 0 Å². The molecule has 28 heavy (non-hydrogen) atoms. The Balaban J connectivity index is 1.64. The van der Waals surface area contributed by atoms with Gasteiger partial charge >= 0.3 is 0 Å². The molecule has 7 nitrogen and oxygen atoms in total. The third-order valence-corrected chi connectivity index (χ3v) is 4.76. The van der Waals surface area contributed by atoms with E-state index in [4.69, 9.17) is 14.5 Å². The first-order chi connectivity index (χ1) is 13.5. The summed E-state index contributed by atoms with van der Waals surface area (Å²) in [6, 6.07) is 5.87. The first-order valence-corrected chi connectivity index (χ1v) is 9.77. The van der Waals surface area contributed by atoms with E-state index >= 15 is 0 Å². The summed E-state index contributed by atoms with van der Waals surface area (Å²) in [5.41, 5.74) is 2.51. The van der Waals surface area contributed by atoms with Gasteiger partial charge in [0, 0.05) is 31.1 Å². The highest BCUT2D eigenvalue weighted by Crippen LogP contribution is 2.29. The summed E-state index contributed by atoms with van der Waals surface area (Å²) in [7, 11) is 0. The molecule has 1 atom stereocenters. The number of hydrogen-bond acceptors (Lipinski definition) is 6. The zero-order valence-corrected chi connectivity index (χ0v) is 16.7. The Labute approximate surface area is 165 Å². The van der Waals surface area contributed by atoms with Crippen LogP contribution < -0.4 is 10.1 Å². The van der Waals surface area contributed by atoms with Gasteiger partial charge in [-0.25, -0.2) is 4.98 Å². The molecule has 0 aliphatic carbocycles. The average Bonchev–Trinajstić information content (AvgIpc) is 3.05. The summed E-state index contributed by atoms with van der Waals surface area (Å²) in [6.45, 7) is 9.33. The van der Waals surface area contributed by atoms with Gasteiger partial charge in [0.15, 0.2) is 0 Å². The fraction of sp³-hybridized carbons (Fsp3) is 0.476. The zero-order chi connectivity index (χ0) is 19.6. The average molecular weight is 381 g/mol. The smallest absolute Gasteiger partial charge is 0.223 e. The van der Waals surface area contributed by atoms with Gasteiger partial charge in [0.05, 0.1) is 28.3 Å². The Kier molecular flexibility index (Phi) is 5.28. The van der Waals surface area contributed by atoms with Gasteiger partial charge in [0.2, 0.25) is 5.88 Å². The molecule has 0 saturated carbocycles. The second-order valence-electron chi connectivity index (χ2n) is 8.09. The predicted octanol–water partition coefficient (Wildman–Crippen LogP) is 3.01. The number of pyridine rings is 2. The Morgan fingerprint density at radius 1 is 1.36 bits per heavy atom. The number of aromatic nitrogens is 4. The van der Waals surface area contributed by atoms with E-state index in [-0.39, 0.29) is 11.6 Å². The standard InChI is InChI=1S/C21H27N5O2/c1-21(2,3)26-13-15(11-24-26)18-10-19-17(6-4-8-23-19)20(25-18)28-14-16-12-22-7-5-9-27-16/h4,6,8,10-11,13,16,22H,5,7,9,12,14H2,1-3H3/t16-/m0/s1. The van der Waals surface area contributed by atoms with E-state index in [1.165, 1.54) is 0 Å². The van der Waals surface area contributed by atoms with E-state index in [0.717, 1.165) is 48.3 Å². The van der Waals surface area contributed by atoms with Gasteiger partial charge < -0.3 is 14.8 Å². The van der Waals surface area contributed by atoms with Crippen molar-refractivity contribution in [2.75, 3.05) is 26.3 Å². The van der Waals surface area contributed by atoms with E-state index in [1.54, 1.807) is 6.20 Å². The summed E-state index contributed by atoms with van der Waals surface area (Å²) in [4.78, 5) is 9.29. The highest BCUT2D eigenvalue weighted by Gasteiger charge is 2.18. The molecule has 1 aliphatic heterocycles. The highest BCUT2D eigenvalue weighted by atomic mass is 16.5. The molecule has 1 N–H and O–H groups in total. The summed E-state index contributed by atoms with van der Waals surface area (Å²) < 4.78 is 13.9. The number of ether oxygens (including phenoxy) is 2. The van der Waals surface area contributed by atoms with E-state index < -0.39 is 0 Å². The number of hydrogen-bond donors (Lipinski definition) is 1. The molecule has 148 valence electrons. The Hall–Kier alpha value is -2.51. The van der Waals surface area contributed by atoms with Crippen molar-refractivity contribution in [1.29, 1.82) is 0 Å². The predicted molar refractivity (Wildman–Crippen MR) is 108 cm³/mol. The quantitative estimate of drug-likeness (QED) is 0.749. The molecule has 0 bridgehead atoms. The van der Waals surface area contributed by atoms with Crippen LogP contribution in [0.25, 0.3) is 22.2 Å². The first-order valence-electron chi connectivity index (χ1n) is 9.77. The van der Waals surface area contributed by atoms with Crippen molar-refractivity contribution in [3.8, 4) is 17.1 Å². The molecule has 0 amide bonds. The third kappa shape index (κ3) is 4.15. The van der Waals surface area contributed by atoms with Crippen molar-refractivity contribution in [3.63, 3.8) is 0 Å². The topological polar surface area (TPSA) is 74.1 Å². The molecule has 0 spiro atoms. The summed E-state index contributed by atoms with van der Waals surface area (Å²) in [5, 5.41) is 8.77. The maximum Gasteiger partial charge on any atom is 0.223 e. The highest BCUT2D eigenvalue weighted by molar-refractivity contribution is 5.86. The molecule has 3 aromatic heterocycles. The third-order valence-electron chi connectivity index (χ3n) is 4.76. The SMILES string of the molecule is CC(C)(C)n1cc(-c2cc3ncccc3c(OC[C@@H]3CNCCCO3)n2)cn1. The molecule has 0 radical (unpaired) electrons. The lowest BCUT2D eigenvalue weighted by Crippen LogP contribution is -2.31. The largest absolute Gasteiger partial charge is 0.474 e. The van der Waals surface area contributed by atoms with Crippen molar-refractivity contribution in [1.82, 2.24) is 25.1 Å². The van der Waals surface area contributed by atoms with Gasteiger partial charge in [-0.15, -0.1) is 0 Å². The van der Waals surface area contributed by atoms with Crippen molar-refractivity contribution in [3.05, 3.63) is 36.8 Å². The molecular weight excluding hydrogens is 354 g/mol. The number of rotatable bonds is 4. The van der Waals surface area contributed by atoms with Gasteiger partial charge in [-0.1, -0.05) is 0 Å². The summed E-state index contributed by atoms with van der Waals surface area (Å²) >= 11 is 0. The normalized spacial score (nSPS) is 18.2. The Bertz CT molecular complexity index is 939. The molecule has 7 heteroatoms. The molecule has 4 rings (SSSR count). The van der Waals surface area contributed by atoms with Crippen LogP contribution in [0.2, 0.25) is 0 Å². The monoisotopic (exact) mass is 381 g/mol. The minimum atomic E-state index is -0.0868. The molecular formula is C21H27N5O2. The van der Waals surface area contributed by atoms with Gasteiger partial charge in [-0.05, 0) is 51.9 Å². The Morgan fingerprint density at radius 2 is 2.25 bits per heavy atom. The van der Waals surface area contributed by atoms with Crippen LogP contribution in [-0.4, -0.2) is 52.2 Å². The van der Waals surface area contributed by atoms with E-state index in [0.29, 0.717) is 12.5 Å². The maximum absolute atomic E-state index is 6.11. The molecule has 0 unspecified atom stereocenters. The molecule has 0 aromatic carbocycles. The molecule has 1 saturated heterocycles. The number of fused-ring (bicyclic) bond motifs is 1. The van der Waals surface area contributed by atoms with Gasteiger partial charge in [0.25, 0.3) is 0 Å². The zero-order valence-electron chi connectivity index (χ0n) is 16.7. The van der Waals surface area contributed by atoms with Gasteiger partial charge in [0.1, 0.15) is 12.7 Å². The van der Waals surface area contributed by atoms with E-state index in [9.17, 15) is 0 Å². The Morgan fingerprint density at radius 3 is 3.07 bits per heavy atom. The van der Waals surface area contributed by atoms with Crippen molar-refractivity contribution in [2.45, 2.75) is 38.8 Å². The van der Waals surface area contributed by atoms with Crippen LogP contribution in [0, 0.1) is 0 Å². The first kappa shape index (κ1) is 18.8. The molecule has 1 fully saturated rings. The fourth-order valence-corrected chi connectivity index (χ4v) is 3.17. The van der Waals surface area contributed by atoms with Crippen LogP contribution in [0.3, 0.4) is 0 Å². The second-order valence-corrected chi connectivity index (χ2v) is 8.09. The second kappa shape index (κ2) is 7.85. The van der Waals surface area contributed by atoms with Crippen LogP contribution in [0.1, 0.15) is 27.2 Å². The van der Waals surface area contributed by atoms with Gasteiger partial charge in [-0.3, -0.25) is 9.67 Å². The van der Waals surface area contributed by atoms with E-state index in [1.807, 2.05) is 35.3 Å². The molecule has 4 heterocycles.